The van der Waals surface area contributed by atoms with Gasteiger partial charge in [-0.2, -0.15) is 0 Å². The number of nitrogens with zero attached hydrogens (tertiary/aromatic N) is 2. The summed E-state index contributed by atoms with van der Waals surface area (Å²) in [6, 6.07) is 9.41. The van der Waals surface area contributed by atoms with Crippen LogP contribution in [0.1, 0.15) is 6.92 Å². The second-order valence-corrected chi connectivity index (χ2v) is 4.57. The van der Waals surface area contributed by atoms with Gasteiger partial charge in [0.05, 0.1) is 6.61 Å². The molecule has 5 heteroatoms. The van der Waals surface area contributed by atoms with E-state index in [4.69, 9.17) is 9.84 Å². The van der Waals surface area contributed by atoms with Crippen LogP contribution in [0.15, 0.2) is 36.5 Å². The van der Waals surface area contributed by atoms with Gasteiger partial charge in [-0.25, -0.2) is 0 Å². The van der Waals surface area contributed by atoms with Crippen molar-refractivity contribution in [2.24, 2.45) is 0 Å². The number of aromatic nitrogens is 1. The third kappa shape index (κ3) is 3.05. The van der Waals surface area contributed by atoms with E-state index < -0.39 is 6.10 Å². The van der Waals surface area contributed by atoms with Crippen LogP contribution in [0.25, 0.3) is 10.9 Å². The summed E-state index contributed by atoms with van der Waals surface area (Å²) in [7, 11) is 1.64. The van der Waals surface area contributed by atoms with Crippen molar-refractivity contribution in [1.82, 2.24) is 9.88 Å². The SMILES string of the molecule is CC(Oc1cccc2cccnc12)C(=O)N(C)CCO. The number of aliphatic hydroxyl groups excluding tert-OH is 1. The van der Waals surface area contributed by atoms with Crippen LogP contribution < -0.4 is 4.74 Å². The number of hydrogen-bond acceptors (Lipinski definition) is 4. The zero-order valence-electron chi connectivity index (χ0n) is 11.6. The van der Waals surface area contributed by atoms with Crippen molar-refractivity contribution in [2.45, 2.75) is 13.0 Å². The molecule has 0 bridgehead atoms. The Morgan fingerprint density at radius 2 is 2.15 bits per heavy atom. The predicted molar refractivity (Wildman–Crippen MR) is 76.6 cm³/mol. The number of benzene rings is 1. The first-order valence-corrected chi connectivity index (χ1v) is 6.49. The molecule has 1 aromatic carbocycles. The number of ether oxygens (including phenoxy) is 1. The highest BCUT2D eigenvalue weighted by Gasteiger charge is 2.19. The van der Waals surface area contributed by atoms with Crippen molar-refractivity contribution in [2.75, 3.05) is 20.2 Å². The molecule has 0 aliphatic heterocycles. The third-order valence-corrected chi connectivity index (χ3v) is 3.06. The van der Waals surface area contributed by atoms with E-state index in [1.165, 1.54) is 4.90 Å². The van der Waals surface area contributed by atoms with E-state index in [0.29, 0.717) is 12.3 Å². The molecule has 0 aliphatic carbocycles. The minimum absolute atomic E-state index is 0.0647. The molecule has 0 spiro atoms. The summed E-state index contributed by atoms with van der Waals surface area (Å²) in [6.07, 6.45) is 1.07. The lowest BCUT2D eigenvalue weighted by Gasteiger charge is -2.21. The number of aliphatic hydroxyl groups is 1. The molecule has 0 saturated carbocycles. The van der Waals surface area contributed by atoms with Crippen LogP contribution >= 0.6 is 0 Å². The average Bonchev–Trinajstić information content (AvgIpc) is 2.47. The molecule has 1 amide bonds. The fourth-order valence-corrected chi connectivity index (χ4v) is 1.98. The van der Waals surface area contributed by atoms with Crippen molar-refractivity contribution in [3.8, 4) is 5.75 Å². The van der Waals surface area contributed by atoms with Gasteiger partial charge in [0.1, 0.15) is 11.3 Å². The highest BCUT2D eigenvalue weighted by Crippen LogP contribution is 2.24. The first-order valence-electron chi connectivity index (χ1n) is 6.49. The molecule has 0 saturated heterocycles. The van der Waals surface area contributed by atoms with Crippen molar-refractivity contribution in [3.63, 3.8) is 0 Å². The summed E-state index contributed by atoms with van der Waals surface area (Å²) in [5.74, 6) is 0.410. The van der Waals surface area contributed by atoms with Crippen molar-refractivity contribution >= 4 is 16.8 Å². The van der Waals surface area contributed by atoms with Crippen molar-refractivity contribution in [3.05, 3.63) is 36.5 Å². The Morgan fingerprint density at radius 3 is 2.90 bits per heavy atom. The Balaban J connectivity index is 2.18. The number of para-hydroxylation sites is 1. The highest BCUT2D eigenvalue weighted by molar-refractivity contribution is 5.85. The van der Waals surface area contributed by atoms with E-state index in [9.17, 15) is 4.79 Å². The summed E-state index contributed by atoms with van der Waals surface area (Å²) >= 11 is 0. The predicted octanol–water partition coefficient (Wildman–Crippen LogP) is 1.45. The van der Waals surface area contributed by atoms with Crippen LogP contribution in [-0.2, 0) is 4.79 Å². The summed E-state index contributed by atoms with van der Waals surface area (Å²) in [5.41, 5.74) is 0.736. The monoisotopic (exact) mass is 274 g/mol. The molecule has 1 aromatic heterocycles. The van der Waals surface area contributed by atoms with Crippen LogP contribution in [0, 0.1) is 0 Å². The molecule has 1 atom stereocenters. The largest absolute Gasteiger partial charge is 0.479 e. The van der Waals surface area contributed by atoms with Gasteiger partial charge in [-0.05, 0) is 19.1 Å². The number of fused-ring (bicyclic) bond motifs is 1. The van der Waals surface area contributed by atoms with Crippen molar-refractivity contribution in [1.29, 1.82) is 0 Å². The number of hydrogen-bond donors (Lipinski definition) is 1. The van der Waals surface area contributed by atoms with E-state index >= 15 is 0 Å². The quantitative estimate of drug-likeness (QED) is 0.896. The molecule has 20 heavy (non-hydrogen) atoms. The van der Waals surface area contributed by atoms with E-state index in [1.54, 1.807) is 26.2 Å². The van der Waals surface area contributed by atoms with Crippen LogP contribution in [-0.4, -0.2) is 47.2 Å². The van der Waals surface area contributed by atoms with Crippen molar-refractivity contribution < 1.29 is 14.6 Å². The molecule has 5 nitrogen and oxygen atoms in total. The van der Waals surface area contributed by atoms with E-state index in [-0.39, 0.29) is 12.5 Å². The fraction of sp³-hybridized carbons (Fsp3) is 0.333. The first kappa shape index (κ1) is 14.3. The molecular weight excluding hydrogens is 256 g/mol. The maximum atomic E-state index is 12.0. The summed E-state index contributed by atoms with van der Waals surface area (Å²) in [5, 5.41) is 9.82. The van der Waals surface area contributed by atoms with Gasteiger partial charge in [0.2, 0.25) is 0 Å². The standard InChI is InChI=1S/C15H18N2O3/c1-11(15(19)17(2)9-10-18)20-13-7-3-5-12-6-4-8-16-14(12)13/h3-8,11,18H,9-10H2,1-2H3. The molecule has 0 fully saturated rings. The number of likely N-dealkylation sites (N-methyl/N-ethyl adjacent to an activating group) is 1. The topological polar surface area (TPSA) is 62.7 Å². The van der Waals surface area contributed by atoms with Crippen LogP contribution in [0.3, 0.4) is 0 Å². The Kier molecular flexibility index (Phi) is 4.53. The first-order chi connectivity index (χ1) is 9.63. The third-order valence-electron chi connectivity index (χ3n) is 3.06. The Hall–Kier alpha value is -2.14. The van der Waals surface area contributed by atoms with E-state index in [2.05, 4.69) is 4.98 Å². The summed E-state index contributed by atoms with van der Waals surface area (Å²) < 4.78 is 5.72. The minimum atomic E-state index is -0.626. The molecular formula is C15H18N2O3. The molecule has 1 unspecified atom stereocenters. The molecule has 0 radical (unpaired) electrons. The molecule has 2 aromatic rings. The molecule has 0 aliphatic rings. The maximum Gasteiger partial charge on any atom is 0.263 e. The molecule has 1 heterocycles. The van der Waals surface area contributed by atoms with Gasteiger partial charge in [0.15, 0.2) is 6.10 Å². The van der Waals surface area contributed by atoms with Gasteiger partial charge < -0.3 is 14.7 Å². The maximum absolute atomic E-state index is 12.0. The Bertz CT molecular complexity index is 595. The number of carbonyl (C=O) groups is 1. The molecule has 106 valence electrons. The zero-order chi connectivity index (χ0) is 14.5. The molecule has 2 rings (SSSR count). The minimum Gasteiger partial charge on any atom is -0.479 e. The van der Waals surface area contributed by atoms with Crippen LogP contribution in [0.5, 0.6) is 5.75 Å². The zero-order valence-corrected chi connectivity index (χ0v) is 11.6. The molecule has 1 N–H and O–H groups in total. The van der Waals surface area contributed by atoms with Gasteiger partial charge >= 0.3 is 0 Å². The van der Waals surface area contributed by atoms with Gasteiger partial charge in [-0.1, -0.05) is 18.2 Å². The van der Waals surface area contributed by atoms with E-state index in [0.717, 1.165) is 10.9 Å². The number of amides is 1. The number of rotatable bonds is 5. The van der Waals surface area contributed by atoms with Gasteiger partial charge in [-0.15, -0.1) is 0 Å². The lowest BCUT2D eigenvalue weighted by Crippen LogP contribution is -2.39. The fourth-order valence-electron chi connectivity index (χ4n) is 1.98. The second kappa shape index (κ2) is 6.34. The lowest BCUT2D eigenvalue weighted by molar-refractivity contribution is -0.136. The number of carbonyl (C=O) groups excluding carboxylic acids is 1. The second-order valence-electron chi connectivity index (χ2n) is 4.57. The highest BCUT2D eigenvalue weighted by atomic mass is 16.5. The normalized spacial score (nSPS) is 12.2. The van der Waals surface area contributed by atoms with Gasteiger partial charge in [-0.3, -0.25) is 9.78 Å². The smallest absolute Gasteiger partial charge is 0.263 e. The van der Waals surface area contributed by atoms with Gasteiger partial charge in [0.25, 0.3) is 5.91 Å². The Labute approximate surface area is 117 Å². The van der Waals surface area contributed by atoms with Crippen LogP contribution in [0.2, 0.25) is 0 Å². The van der Waals surface area contributed by atoms with E-state index in [1.807, 2.05) is 24.3 Å². The average molecular weight is 274 g/mol. The summed E-state index contributed by atoms with van der Waals surface area (Å²) in [6.45, 7) is 1.92. The van der Waals surface area contributed by atoms with Gasteiger partial charge in [0, 0.05) is 25.2 Å². The lowest BCUT2D eigenvalue weighted by atomic mass is 10.2. The van der Waals surface area contributed by atoms with Crippen LogP contribution in [0.4, 0.5) is 0 Å². The summed E-state index contributed by atoms with van der Waals surface area (Å²) in [4.78, 5) is 17.8. The Morgan fingerprint density at radius 1 is 1.40 bits per heavy atom. The number of pyridine rings is 1.